The first-order valence-corrected chi connectivity index (χ1v) is 6.61. The van der Waals surface area contributed by atoms with Crippen molar-refractivity contribution in [1.82, 2.24) is 5.32 Å². The number of nitrogens with one attached hydrogen (secondary N) is 1. The second-order valence-electron chi connectivity index (χ2n) is 4.70. The highest BCUT2D eigenvalue weighted by Crippen LogP contribution is 2.40. The molecule has 2 rings (SSSR count). The summed E-state index contributed by atoms with van der Waals surface area (Å²) in [6.07, 6.45) is 0.0841. The average Bonchev–Trinajstić information content (AvgIpc) is 2.39. The number of hydrogen-bond donors (Lipinski definition) is 1. The first-order chi connectivity index (χ1) is 8.57. The van der Waals surface area contributed by atoms with Crippen LogP contribution < -0.4 is 10.1 Å². The van der Waals surface area contributed by atoms with Gasteiger partial charge in [0.05, 0.1) is 24.8 Å². The van der Waals surface area contributed by atoms with Gasteiger partial charge in [-0.15, -0.1) is 0 Å². The molecule has 1 unspecified atom stereocenters. The van der Waals surface area contributed by atoms with E-state index in [1.807, 2.05) is 13.8 Å². The summed E-state index contributed by atoms with van der Waals surface area (Å²) in [5.74, 6) is 0.777. The van der Waals surface area contributed by atoms with Crippen molar-refractivity contribution in [3.8, 4) is 5.75 Å². The van der Waals surface area contributed by atoms with Crippen molar-refractivity contribution in [2.24, 2.45) is 0 Å². The van der Waals surface area contributed by atoms with E-state index in [1.54, 1.807) is 7.11 Å². The van der Waals surface area contributed by atoms with E-state index in [1.165, 1.54) is 11.1 Å². The molecule has 1 aromatic rings. The maximum Gasteiger partial charge on any atom is 0.140 e. The Bertz CT molecular complexity index is 425. The Morgan fingerprint density at radius 3 is 2.50 bits per heavy atom. The van der Waals surface area contributed by atoms with E-state index >= 15 is 0 Å². The molecule has 1 atom stereocenters. The summed E-state index contributed by atoms with van der Waals surface area (Å²) in [6, 6.07) is 0. The van der Waals surface area contributed by atoms with Gasteiger partial charge in [-0.05, 0) is 43.0 Å². The van der Waals surface area contributed by atoms with Gasteiger partial charge in [0.15, 0.2) is 0 Å². The number of halogens is 1. The fourth-order valence-electron chi connectivity index (χ4n) is 2.58. The molecule has 4 heteroatoms. The molecule has 0 saturated carbocycles. The third kappa shape index (κ3) is 2.22. The lowest BCUT2D eigenvalue weighted by atomic mass is 9.93. The topological polar surface area (TPSA) is 30.5 Å². The average molecular weight is 270 g/mol. The highest BCUT2D eigenvalue weighted by Gasteiger charge is 2.24. The summed E-state index contributed by atoms with van der Waals surface area (Å²) in [6.45, 7) is 8.67. The zero-order valence-corrected chi connectivity index (χ0v) is 12.1. The van der Waals surface area contributed by atoms with E-state index in [2.05, 4.69) is 12.2 Å². The smallest absolute Gasteiger partial charge is 0.140 e. The minimum absolute atomic E-state index is 0.0841. The van der Waals surface area contributed by atoms with Gasteiger partial charge in [0.2, 0.25) is 0 Å². The van der Waals surface area contributed by atoms with Gasteiger partial charge in [0, 0.05) is 13.1 Å². The Balaban J connectivity index is 2.53. The zero-order valence-electron chi connectivity index (χ0n) is 11.4. The van der Waals surface area contributed by atoms with Crippen LogP contribution in [0.2, 0.25) is 5.02 Å². The monoisotopic (exact) mass is 269 g/mol. The van der Waals surface area contributed by atoms with Crippen LogP contribution in [-0.4, -0.2) is 26.8 Å². The highest BCUT2D eigenvalue weighted by molar-refractivity contribution is 6.33. The summed E-state index contributed by atoms with van der Waals surface area (Å²) in [5, 5.41) is 4.05. The van der Waals surface area contributed by atoms with Crippen LogP contribution in [0.15, 0.2) is 0 Å². The van der Waals surface area contributed by atoms with Gasteiger partial charge in [-0.2, -0.15) is 0 Å². The molecule has 3 nitrogen and oxygen atoms in total. The van der Waals surface area contributed by atoms with Crippen molar-refractivity contribution in [3.05, 3.63) is 27.3 Å². The van der Waals surface area contributed by atoms with Crippen LogP contribution in [-0.2, 0) is 4.74 Å². The second kappa shape index (κ2) is 5.47. The van der Waals surface area contributed by atoms with Crippen LogP contribution in [0.4, 0.5) is 0 Å². The molecule has 18 heavy (non-hydrogen) atoms. The Hall–Kier alpha value is -0.770. The number of methoxy groups -OCH3 is 1. The number of hydrogen-bond acceptors (Lipinski definition) is 3. The summed E-state index contributed by atoms with van der Waals surface area (Å²) >= 11 is 6.39. The molecular formula is C14H20ClNO2. The molecule has 0 spiro atoms. The maximum atomic E-state index is 6.39. The first kappa shape index (κ1) is 13.7. The fraction of sp³-hybridized carbons (Fsp3) is 0.571. The van der Waals surface area contributed by atoms with Gasteiger partial charge in [-0.3, -0.25) is 0 Å². The van der Waals surface area contributed by atoms with Gasteiger partial charge in [0.25, 0.3) is 0 Å². The van der Waals surface area contributed by atoms with Crippen LogP contribution in [0.3, 0.4) is 0 Å². The van der Waals surface area contributed by atoms with Crippen molar-refractivity contribution in [3.63, 3.8) is 0 Å². The molecule has 1 fully saturated rings. The summed E-state index contributed by atoms with van der Waals surface area (Å²) < 4.78 is 11.2. The van der Waals surface area contributed by atoms with Gasteiger partial charge < -0.3 is 14.8 Å². The SMILES string of the molecule is COc1c(C)c(C)c(C2CNCCO2)c(C)c1Cl. The third-order valence-corrected chi connectivity index (χ3v) is 4.15. The van der Waals surface area contributed by atoms with Crippen LogP contribution in [0.1, 0.15) is 28.4 Å². The molecule has 100 valence electrons. The number of rotatable bonds is 2. The number of morpholine rings is 1. The maximum absolute atomic E-state index is 6.39. The lowest BCUT2D eigenvalue weighted by Crippen LogP contribution is -2.34. The highest BCUT2D eigenvalue weighted by atomic mass is 35.5. The summed E-state index contributed by atoms with van der Waals surface area (Å²) in [4.78, 5) is 0. The van der Waals surface area contributed by atoms with E-state index in [-0.39, 0.29) is 6.10 Å². The molecule has 0 aromatic heterocycles. The minimum atomic E-state index is 0.0841. The first-order valence-electron chi connectivity index (χ1n) is 6.23. The molecule has 1 heterocycles. The molecule has 1 N–H and O–H groups in total. The second-order valence-corrected chi connectivity index (χ2v) is 5.08. The van der Waals surface area contributed by atoms with Gasteiger partial charge >= 0.3 is 0 Å². The standard InChI is InChI=1S/C14H20ClNO2/c1-8-9(2)14(17-4)13(15)10(3)12(8)11-7-16-5-6-18-11/h11,16H,5-7H2,1-4H3. The van der Waals surface area contributed by atoms with E-state index in [9.17, 15) is 0 Å². The Labute approximate surface area is 113 Å². The molecule has 0 amide bonds. The molecule has 1 saturated heterocycles. The van der Waals surface area contributed by atoms with E-state index in [0.717, 1.165) is 36.6 Å². The molecule has 0 radical (unpaired) electrons. The quantitative estimate of drug-likeness (QED) is 0.896. The van der Waals surface area contributed by atoms with Crippen molar-refractivity contribution >= 4 is 11.6 Å². The molecule has 0 aliphatic carbocycles. The predicted octanol–water partition coefficient (Wildman–Crippen LogP) is 2.93. The van der Waals surface area contributed by atoms with Gasteiger partial charge in [-0.25, -0.2) is 0 Å². The zero-order chi connectivity index (χ0) is 13.3. The third-order valence-electron chi connectivity index (χ3n) is 3.69. The molecule has 1 aliphatic rings. The summed E-state index contributed by atoms with van der Waals surface area (Å²) in [5.41, 5.74) is 4.57. The van der Waals surface area contributed by atoms with E-state index in [4.69, 9.17) is 21.1 Å². The van der Waals surface area contributed by atoms with Crippen molar-refractivity contribution in [2.45, 2.75) is 26.9 Å². The Kier molecular flexibility index (Phi) is 4.15. The number of benzene rings is 1. The van der Waals surface area contributed by atoms with E-state index < -0.39 is 0 Å². The van der Waals surface area contributed by atoms with Crippen LogP contribution in [0.25, 0.3) is 0 Å². The van der Waals surface area contributed by atoms with Crippen LogP contribution in [0, 0.1) is 20.8 Å². The van der Waals surface area contributed by atoms with Gasteiger partial charge in [0.1, 0.15) is 5.75 Å². The van der Waals surface area contributed by atoms with E-state index in [0.29, 0.717) is 5.02 Å². The Morgan fingerprint density at radius 1 is 1.22 bits per heavy atom. The predicted molar refractivity (Wildman–Crippen MR) is 73.8 cm³/mol. The number of ether oxygens (including phenoxy) is 2. The fourth-order valence-corrected chi connectivity index (χ4v) is 2.90. The lowest BCUT2D eigenvalue weighted by Gasteiger charge is -2.28. The van der Waals surface area contributed by atoms with Crippen molar-refractivity contribution in [2.75, 3.05) is 26.8 Å². The molecule has 1 aliphatic heterocycles. The van der Waals surface area contributed by atoms with Crippen molar-refractivity contribution in [1.29, 1.82) is 0 Å². The molecular weight excluding hydrogens is 250 g/mol. The van der Waals surface area contributed by atoms with Gasteiger partial charge in [-0.1, -0.05) is 11.6 Å². The summed E-state index contributed by atoms with van der Waals surface area (Å²) in [7, 11) is 1.66. The molecule has 1 aromatic carbocycles. The minimum Gasteiger partial charge on any atom is -0.495 e. The van der Waals surface area contributed by atoms with Crippen molar-refractivity contribution < 1.29 is 9.47 Å². The van der Waals surface area contributed by atoms with Crippen LogP contribution >= 0.6 is 11.6 Å². The molecule has 0 bridgehead atoms. The van der Waals surface area contributed by atoms with Crippen LogP contribution in [0.5, 0.6) is 5.75 Å². The lowest BCUT2D eigenvalue weighted by molar-refractivity contribution is 0.0269. The normalized spacial score (nSPS) is 19.9. The largest absolute Gasteiger partial charge is 0.495 e. The Morgan fingerprint density at radius 2 is 1.94 bits per heavy atom.